The van der Waals surface area contributed by atoms with Crippen molar-refractivity contribution in [3.05, 3.63) is 72.2 Å². The molecule has 3 N–H and O–H groups in total. The molecule has 0 aliphatic carbocycles. The summed E-state index contributed by atoms with van der Waals surface area (Å²) >= 11 is 0. The molecule has 1 aliphatic heterocycles. The summed E-state index contributed by atoms with van der Waals surface area (Å²) in [6.07, 6.45) is 0.761. The number of carbonyl (C=O) groups is 1. The average molecular weight is 482 g/mol. The van der Waals surface area contributed by atoms with Crippen LogP contribution in [0, 0.1) is 32.0 Å². The molecule has 2 heterocycles. The minimum absolute atomic E-state index is 0.0552. The summed E-state index contributed by atoms with van der Waals surface area (Å²) in [4.78, 5) is 38.0. The molecule has 1 aromatic heterocycles. The van der Waals surface area contributed by atoms with Crippen molar-refractivity contribution in [3.8, 4) is 0 Å². The predicted octanol–water partition coefficient (Wildman–Crippen LogP) is 5.25. The van der Waals surface area contributed by atoms with Crippen LogP contribution in [0.5, 0.6) is 0 Å². The van der Waals surface area contributed by atoms with Gasteiger partial charge in [0.25, 0.3) is 16.8 Å². The van der Waals surface area contributed by atoms with Crippen molar-refractivity contribution in [2.75, 3.05) is 10.6 Å². The zero-order chi connectivity index (χ0) is 26.0. The SMILES string of the molecule is CCC(C)(C)C(Nc1c(Nc2c(F)cc(C)c3c2C(=O)NC3(C)C)c(=O)c1=O)c1cc(C)c(C)o1. The topological polar surface area (TPSA) is 100 Å². The van der Waals surface area contributed by atoms with E-state index in [0.717, 1.165) is 17.7 Å². The second-order valence-corrected chi connectivity index (χ2v) is 10.7. The Bertz CT molecular complexity index is 1400. The second-order valence-electron chi connectivity index (χ2n) is 10.7. The molecule has 2 aromatic carbocycles. The number of nitrogens with one attached hydrogen (secondary N) is 3. The number of hydrogen-bond acceptors (Lipinski definition) is 6. The quantitative estimate of drug-likeness (QED) is 0.399. The Kier molecular flexibility index (Phi) is 5.69. The van der Waals surface area contributed by atoms with Crippen LogP contribution < -0.4 is 26.8 Å². The molecule has 0 fully saturated rings. The minimum Gasteiger partial charge on any atom is -0.464 e. The van der Waals surface area contributed by atoms with Gasteiger partial charge in [0.1, 0.15) is 28.7 Å². The molecule has 35 heavy (non-hydrogen) atoms. The molecule has 7 nitrogen and oxygen atoms in total. The van der Waals surface area contributed by atoms with Crippen LogP contribution in [0.4, 0.5) is 21.5 Å². The van der Waals surface area contributed by atoms with E-state index in [2.05, 4.69) is 16.0 Å². The van der Waals surface area contributed by atoms with Gasteiger partial charge in [-0.05, 0) is 75.3 Å². The summed E-state index contributed by atoms with van der Waals surface area (Å²) < 4.78 is 21.1. The zero-order valence-corrected chi connectivity index (χ0v) is 21.5. The van der Waals surface area contributed by atoms with Crippen LogP contribution >= 0.6 is 0 Å². The molecule has 1 unspecified atom stereocenters. The fourth-order valence-corrected chi connectivity index (χ4v) is 4.86. The highest BCUT2D eigenvalue weighted by atomic mass is 19.1. The van der Waals surface area contributed by atoms with Crippen molar-refractivity contribution in [1.82, 2.24) is 5.32 Å². The molecule has 0 bridgehead atoms. The summed E-state index contributed by atoms with van der Waals surface area (Å²) in [5.41, 5.74) is -0.197. The van der Waals surface area contributed by atoms with Crippen molar-refractivity contribution < 1.29 is 13.6 Å². The molecular formula is C27H32FN3O4. The van der Waals surface area contributed by atoms with Gasteiger partial charge in [-0.1, -0.05) is 20.8 Å². The highest BCUT2D eigenvalue weighted by Gasteiger charge is 2.41. The Labute approximate surface area is 203 Å². The Hall–Kier alpha value is -3.42. The number of furan rings is 1. The van der Waals surface area contributed by atoms with Crippen molar-refractivity contribution in [2.45, 2.75) is 73.4 Å². The summed E-state index contributed by atoms with van der Waals surface area (Å²) in [7, 11) is 0. The van der Waals surface area contributed by atoms with Gasteiger partial charge in [-0.2, -0.15) is 0 Å². The van der Waals surface area contributed by atoms with Crippen LogP contribution in [-0.2, 0) is 5.54 Å². The molecule has 1 aliphatic rings. The second kappa shape index (κ2) is 8.07. The third-order valence-corrected chi connectivity index (χ3v) is 7.37. The fourth-order valence-electron chi connectivity index (χ4n) is 4.86. The van der Waals surface area contributed by atoms with Gasteiger partial charge in [-0.15, -0.1) is 0 Å². The molecule has 1 amide bonds. The number of rotatable bonds is 7. The Morgan fingerprint density at radius 2 is 1.66 bits per heavy atom. The van der Waals surface area contributed by atoms with E-state index >= 15 is 4.39 Å². The normalized spacial score (nSPS) is 15.7. The van der Waals surface area contributed by atoms with E-state index < -0.39 is 34.2 Å². The summed E-state index contributed by atoms with van der Waals surface area (Å²) in [5.74, 6) is 0.313. The van der Waals surface area contributed by atoms with Gasteiger partial charge in [-0.25, -0.2) is 4.39 Å². The number of halogens is 1. The van der Waals surface area contributed by atoms with Gasteiger partial charge in [-0.3, -0.25) is 14.4 Å². The molecule has 1 atom stereocenters. The molecule has 4 rings (SSSR count). The summed E-state index contributed by atoms with van der Waals surface area (Å²) in [6, 6.07) is 2.83. The third kappa shape index (κ3) is 3.85. The third-order valence-electron chi connectivity index (χ3n) is 7.37. The van der Waals surface area contributed by atoms with Gasteiger partial charge in [0.05, 0.1) is 22.8 Å². The molecule has 0 saturated carbocycles. The van der Waals surface area contributed by atoms with Crippen LogP contribution in [0.1, 0.15) is 85.7 Å². The van der Waals surface area contributed by atoms with Crippen molar-refractivity contribution in [3.63, 3.8) is 0 Å². The standard InChI is InChI=1S/C27H32FN3O4/c1-9-26(5,6)24(16-11-12(2)14(4)35-16)30-21-20(22(32)23(21)33)29-19-15(28)10-13(3)18-17(19)25(34)31-27(18,7)8/h10-11,24,29-30H,9H2,1-8H3,(H,31,34). The molecule has 0 radical (unpaired) electrons. The van der Waals surface area contributed by atoms with Crippen LogP contribution in [-0.4, -0.2) is 5.91 Å². The Morgan fingerprint density at radius 1 is 1.03 bits per heavy atom. The smallest absolute Gasteiger partial charge is 0.254 e. The highest BCUT2D eigenvalue weighted by Crippen LogP contribution is 2.43. The monoisotopic (exact) mass is 481 g/mol. The largest absolute Gasteiger partial charge is 0.464 e. The van der Waals surface area contributed by atoms with Crippen LogP contribution in [0.3, 0.4) is 0 Å². The van der Waals surface area contributed by atoms with Crippen molar-refractivity contribution in [2.24, 2.45) is 5.41 Å². The maximum atomic E-state index is 15.1. The van der Waals surface area contributed by atoms with E-state index in [9.17, 15) is 14.4 Å². The van der Waals surface area contributed by atoms with Crippen LogP contribution in [0.15, 0.2) is 26.1 Å². The number of hydrogen-bond donors (Lipinski definition) is 3. The first-order chi connectivity index (χ1) is 16.2. The van der Waals surface area contributed by atoms with E-state index in [1.165, 1.54) is 6.07 Å². The van der Waals surface area contributed by atoms with Crippen LogP contribution in [0.25, 0.3) is 0 Å². The van der Waals surface area contributed by atoms with Gasteiger partial charge in [0.15, 0.2) is 0 Å². The number of benzene rings is 1. The Morgan fingerprint density at radius 3 is 2.23 bits per heavy atom. The first kappa shape index (κ1) is 24.7. The summed E-state index contributed by atoms with van der Waals surface area (Å²) in [5, 5.41) is 8.86. The lowest BCUT2D eigenvalue weighted by Crippen LogP contribution is -2.40. The van der Waals surface area contributed by atoms with E-state index in [1.54, 1.807) is 6.92 Å². The zero-order valence-electron chi connectivity index (χ0n) is 21.5. The number of aryl methyl sites for hydroxylation is 3. The van der Waals surface area contributed by atoms with E-state index in [-0.39, 0.29) is 28.0 Å². The first-order valence-electron chi connectivity index (χ1n) is 11.8. The lowest BCUT2D eigenvalue weighted by Gasteiger charge is -2.34. The van der Waals surface area contributed by atoms with Gasteiger partial charge < -0.3 is 20.4 Å². The maximum absolute atomic E-state index is 15.1. The molecule has 3 aromatic rings. The highest BCUT2D eigenvalue weighted by molar-refractivity contribution is 6.06. The maximum Gasteiger partial charge on any atom is 0.254 e. The van der Waals surface area contributed by atoms with E-state index in [4.69, 9.17) is 4.42 Å². The minimum atomic E-state index is -0.765. The lowest BCUT2D eigenvalue weighted by molar-refractivity contribution is 0.0940. The van der Waals surface area contributed by atoms with E-state index in [0.29, 0.717) is 16.9 Å². The Balaban J connectivity index is 1.79. The summed E-state index contributed by atoms with van der Waals surface area (Å²) in [6.45, 7) is 15.3. The first-order valence-corrected chi connectivity index (χ1v) is 11.8. The molecule has 186 valence electrons. The van der Waals surface area contributed by atoms with Crippen molar-refractivity contribution >= 4 is 23.0 Å². The molecule has 0 spiro atoms. The van der Waals surface area contributed by atoms with Gasteiger partial charge in [0.2, 0.25) is 0 Å². The number of amides is 1. The van der Waals surface area contributed by atoms with Gasteiger partial charge in [0, 0.05) is 0 Å². The number of fused-ring (bicyclic) bond motifs is 1. The lowest BCUT2D eigenvalue weighted by atomic mass is 9.80. The van der Waals surface area contributed by atoms with E-state index in [1.807, 2.05) is 54.5 Å². The van der Waals surface area contributed by atoms with Gasteiger partial charge >= 0.3 is 0 Å². The molecular weight excluding hydrogens is 449 g/mol. The fraction of sp³-hybridized carbons (Fsp3) is 0.444. The number of carbonyl (C=O) groups excluding carboxylic acids is 1. The molecule has 0 saturated heterocycles. The predicted molar refractivity (Wildman–Crippen MR) is 135 cm³/mol. The number of anilines is 3. The van der Waals surface area contributed by atoms with Crippen molar-refractivity contribution in [1.29, 1.82) is 0 Å². The van der Waals surface area contributed by atoms with Crippen LogP contribution in [0.2, 0.25) is 0 Å². The average Bonchev–Trinajstić information content (AvgIpc) is 3.22. The molecule has 8 heteroatoms.